The molecule has 2 aliphatic rings. The summed E-state index contributed by atoms with van der Waals surface area (Å²) in [7, 11) is 0. The standard InChI is InChI=1S/C24H23Cl2N3O5/c1-22(2)23(3)10-11-24(22,21(31)27-17-9-5-8-16(25)19(17)26)13-18(23)28-34-20(30)14-6-4-7-15(12-14)29(32)33/h4-9,12H,10-11,13H2,1-3H3,(H,27,31). The molecule has 4 rings (SSSR count). The van der Waals surface area contributed by atoms with Crippen LogP contribution >= 0.6 is 23.2 Å². The van der Waals surface area contributed by atoms with Crippen LogP contribution in [-0.2, 0) is 9.63 Å². The maximum Gasteiger partial charge on any atom is 0.365 e. The third kappa shape index (κ3) is 3.56. The van der Waals surface area contributed by atoms with Gasteiger partial charge in [0, 0.05) is 24.0 Å². The number of nitro groups is 1. The Bertz CT molecular complexity index is 1240. The first-order valence-corrected chi connectivity index (χ1v) is 11.5. The van der Waals surface area contributed by atoms with E-state index < -0.39 is 27.1 Å². The largest absolute Gasteiger partial charge is 0.365 e. The van der Waals surface area contributed by atoms with Gasteiger partial charge in [0.2, 0.25) is 5.91 Å². The predicted molar refractivity (Wildman–Crippen MR) is 129 cm³/mol. The maximum atomic E-state index is 13.6. The molecule has 0 radical (unpaired) electrons. The molecule has 10 heteroatoms. The molecule has 0 saturated heterocycles. The number of nitrogens with zero attached hydrogens (tertiary/aromatic N) is 2. The van der Waals surface area contributed by atoms with Gasteiger partial charge in [-0.05, 0) is 36.5 Å². The summed E-state index contributed by atoms with van der Waals surface area (Å²) >= 11 is 12.4. The van der Waals surface area contributed by atoms with E-state index in [1.165, 1.54) is 18.2 Å². The average Bonchev–Trinajstić information content (AvgIpc) is 3.11. The summed E-state index contributed by atoms with van der Waals surface area (Å²) in [5, 5.41) is 18.7. The molecule has 0 spiro atoms. The van der Waals surface area contributed by atoms with Gasteiger partial charge in [0.25, 0.3) is 5.69 Å². The molecule has 1 amide bonds. The van der Waals surface area contributed by atoms with Crippen molar-refractivity contribution in [3.63, 3.8) is 0 Å². The average molecular weight is 504 g/mol. The molecule has 2 aromatic rings. The number of anilines is 1. The quantitative estimate of drug-likeness (QED) is 0.293. The zero-order valence-electron chi connectivity index (χ0n) is 18.9. The number of hydrogen-bond donors (Lipinski definition) is 1. The van der Waals surface area contributed by atoms with Gasteiger partial charge < -0.3 is 10.2 Å². The predicted octanol–water partition coefficient (Wildman–Crippen LogP) is 6.27. The summed E-state index contributed by atoms with van der Waals surface area (Å²) in [6, 6.07) is 10.3. The summed E-state index contributed by atoms with van der Waals surface area (Å²) in [4.78, 5) is 41.7. The van der Waals surface area contributed by atoms with Crippen LogP contribution in [0.25, 0.3) is 0 Å². The molecule has 2 fully saturated rings. The number of amides is 1. The van der Waals surface area contributed by atoms with Gasteiger partial charge in [-0.25, -0.2) is 4.79 Å². The van der Waals surface area contributed by atoms with Crippen molar-refractivity contribution in [1.82, 2.24) is 0 Å². The van der Waals surface area contributed by atoms with Crippen LogP contribution in [0.4, 0.5) is 11.4 Å². The first kappa shape index (κ1) is 24.2. The number of nitrogens with one attached hydrogen (secondary N) is 1. The number of nitro benzene ring substituents is 1. The third-order valence-electron chi connectivity index (χ3n) is 7.90. The first-order valence-electron chi connectivity index (χ1n) is 10.7. The summed E-state index contributed by atoms with van der Waals surface area (Å²) in [6.07, 6.45) is 1.63. The highest BCUT2D eigenvalue weighted by atomic mass is 35.5. The molecule has 8 nitrogen and oxygen atoms in total. The van der Waals surface area contributed by atoms with Crippen molar-refractivity contribution in [3.8, 4) is 0 Å². The van der Waals surface area contributed by atoms with Gasteiger partial charge in [0.05, 0.1) is 37.3 Å². The molecule has 0 heterocycles. The second-order valence-electron chi connectivity index (χ2n) is 9.50. The number of fused-ring (bicyclic) bond motifs is 2. The minimum absolute atomic E-state index is 0.0224. The highest BCUT2D eigenvalue weighted by molar-refractivity contribution is 6.44. The molecule has 2 aromatic carbocycles. The van der Waals surface area contributed by atoms with E-state index in [0.29, 0.717) is 35.7 Å². The molecule has 1 N–H and O–H groups in total. The molecule has 2 atom stereocenters. The Labute approximate surface area is 206 Å². The van der Waals surface area contributed by atoms with Crippen LogP contribution in [0, 0.1) is 26.4 Å². The number of hydrogen-bond acceptors (Lipinski definition) is 6. The highest BCUT2D eigenvalue weighted by Crippen LogP contribution is 2.71. The number of carbonyl (C=O) groups is 2. The van der Waals surface area contributed by atoms with E-state index in [1.54, 1.807) is 18.2 Å². The molecule has 2 saturated carbocycles. The molecule has 0 aromatic heterocycles. The van der Waals surface area contributed by atoms with Crippen LogP contribution < -0.4 is 5.32 Å². The smallest absolute Gasteiger partial charge is 0.324 e. The van der Waals surface area contributed by atoms with Crippen LogP contribution in [-0.4, -0.2) is 22.5 Å². The first-order chi connectivity index (χ1) is 15.9. The normalized spacial score (nSPS) is 25.9. The van der Waals surface area contributed by atoms with Gasteiger partial charge in [-0.1, -0.05) is 61.3 Å². The summed E-state index contributed by atoms with van der Waals surface area (Å²) in [5.41, 5.74) is -0.920. The Morgan fingerprint density at radius 2 is 1.82 bits per heavy atom. The Morgan fingerprint density at radius 1 is 1.12 bits per heavy atom. The fraction of sp³-hybridized carbons (Fsp3) is 0.375. The van der Waals surface area contributed by atoms with Crippen molar-refractivity contribution in [2.24, 2.45) is 21.4 Å². The van der Waals surface area contributed by atoms with Crippen molar-refractivity contribution in [3.05, 3.63) is 68.2 Å². The van der Waals surface area contributed by atoms with E-state index in [9.17, 15) is 19.7 Å². The van der Waals surface area contributed by atoms with Gasteiger partial charge in [-0.2, -0.15) is 0 Å². The number of oxime groups is 1. The molecule has 178 valence electrons. The fourth-order valence-corrected chi connectivity index (χ4v) is 5.61. The Balaban J connectivity index is 1.60. The monoisotopic (exact) mass is 503 g/mol. The van der Waals surface area contributed by atoms with E-state index in [4.69, 9.17) is 28.0 Å². The lowest BCUT2D eigenvalue weighted by Gasteiger charge is -2.39. The van der Waals surface area contributed by atoms with Crippen molar-refractivity contribution >= 4 is 52.2 Å². The van der Waals surface area contributed by atoms with Gasteiger partial charge in [-0.15, -0.1) is 0 Å². The van der Waals surface area contributed by atoms with E-state index >= 15 is 0 Å². The van der Waals surface area contributed by atoms with E-state index in [1.807, 2.05) is 20.8 Å². The summed E-state index contributed by atoms with van der Waals surface area (Å²) < 4.78 is 0. The minimum atomic E-state index is -0.801. The van der Waals surface area contributed by atoms with Gasteiger partial charge in [0.1, 0.15) is 0 Å². The van der Waals surface area contributed by atoms with Crippen molar-refractivity contribution in [1.29, 1.82) is 0 Å². The SMILES string of the molecule is CC12CCC(C(=O)Nc3cccc(Cl)c3Cl)(CC1=NOC(=O)c1cccc([N+](=O)[O-])c1)C2(C)C. The second-order valence-corrected chi connectivity index (χ2v) is 10.3. The van der Waals surface area contributed by atoms with Crippen molar-refractivity contribution in [2.75, 3.05) is 5.32 Å². The lowest BCUT2D eigenvalue weighted by molar-refractivity contribution is -0.384. The Hall–Kier alpha value is -2.97. The van der Waals surface area contributed by atoms with Crippen molar-refractivity contribution in [2.45, 2.75) is 40.0 Å². The molecule has 0 aliphatic heterocycles. The van der Waals surface area contributed by atoms with Crippen LogP contribution in [0.3, 0.4) is 0 Å². The number of rotatable bonds is 5. The summed E-state index contributed by atoms with van der Waals surface area (Å²) in [6.45, 7) is 6.05. The number of non-ortho nitro benzene ring substituents is 1. The number of halogens is 2. The van der Waals surface area contributed by atoms with Gasteiger partial charge >= 0.3 is 5.97 Å². The van der Waals surface area contributed by atoms with Gasteiger partial charge in [-0.3, -0.25) is 14.9 Å². The van der Waals surface area contributed by atoms with E-state index in [0.717, 1.165) is 6.07 Å². The minimum Gasteiger partial charge on any atom is -0.324 e. The lowest BCUT2D eigenvalue weighted by Crippen LogP contribution is -2.43. The van der Waals surface area contributed by atoms with Crippen LogP contribution in [0.15, 0.2) is 47.6 Å². The van der Waals surface area contributed by atoms with Crippen LogP contribution in [0.1, 0.15) is 50.4 Å². The van der Waals surface area contributed by atoms with Crippen LogP contribution in [0.5, 0.6) is 0 Å². The zero-order chi connectivity index (χ0) is 24.9. The lowest BCUT2D eigenvalue weighted by atomic mass is 9.64. The molecule has 2 aliphatic carbocycles. The maximum absolute atomic E-state index is 13.6. The molecule has 2 unspecified atom stereocenters. The van der Waals surface area contributed by atoms with Gasteiger partial charge in [0.15, 0.2) is 0 Å². The highest BCUT2D eigenvalue weighted by Gasteiger charge is 2.71. The third-order valence-corrected chi connectivity index (χ3v) is 8.72. The van der Waals surface area contributed by atoms with Crippen molar-refractivity contribution < 1.29 is 19.3 Å². The Morgan fingerprint density at radius 3 is 2.53 bits per heavy atom. The molecular weight excluding hydrogens is 481 g/mol. The number of carbonyl (C=O) groups excluding carboxylic acids is 2. The zero-order valence-corrected chi connectivity index (χ0v) is 20.4. The second kappa shape index (κ2) is 8.36. The van der Waals surface area contributed by atoms with Crippen LogP contribution in [0.2, 0.25) is 10.0 Å². The van der Waals surface area contributed by atoms with E-state index in [-0.39, 0.29) is 22.2 Å². The number of benzene rings is 2. The van der Waals surface area contributed by atoms with E-state index in [2.05, 4.69) is 10.5 Å². The molecule has 34 heavy (non-hydrogen) atoms. The summed E-state index contributed by atoms with van der Waals surface area (Å²) in [5.74, 6) is -0.995. The topological polar surface area (TPSA) is 111 Å². The molecule has 2 bridgehead atoms. The molecular formula is C24H23Cl2N3O5. The fourth-order valence-electron chi connectivity index (χ4n) is 5.26. The Kier molecular flexibility index (Phi) is 5.94.